The molecule has 5 nitrogen and oxygen atoms in total. The molecule has 96 valence electrons. The van der Waals surface area contributed by atoms with Crippen molar-refractivity contribution in [3.05, 3.63) is 17.5 Å². The van der Waals surface area contributed by atoms with E-state index in [4.69, 9.17) is 14.6 Å². The highest BCUT2D eigenvalue weighted by atomic mass is 16.5. The van der Waals surface area contributed by atoms with E-state index in [1.165, 1.54) is 0 Å². The van der Waals surface area contributed by atoms with Crippen LogP contribution in [0, 0.1) is 6.92 Å². The number of rotatable bonds is 8. The van der Waals surface area contributed by atoms with Crippen LogP contribution in [0.15, 0.2) is 6.20 Å². The minimum Gasteiger partial charge on any atom is -0.461 e. The fourth-order valence-electron chi connectivity index (χ4n) is 1.24. The zero-order valence-electron chi connectivity index (χ0n) is 10.5. The molecule has 0 aromatic carbocycles. The van der Waals surface area contributed by atoms with E-state index < -0.39 is 0 Å². The van der Waals surface area contributed by atoms with Crippen LogP contribution >= 0.6 is 0 Å². The minimum atomic E-state index is -0.0494. The van der Waals surface area contributed by atoms with E-state index in [-0.39, 0.29) is 6.61 Å². The lowest BCUT2D eigenvalue weighted by atomic mass is 10.3. The first-order valence-electron chi connectivity index (χ1n) is 5.91. The van der Waals surface area contributed by atoms with Crippen LogP contribution in [-0.2, 0) is 11.3 Å². The highest BCUT2D eigenvalue weighted by Gasteiger charge is 2.02. The second-order valence-corrected chi connectivity index (χ2v) is 3.74. The van der Waals surface area contributed by atoms with Crippen molar-refractivity contribution in [2.75, 3.05) is 19.8 Å². The summed E-state index contributed by atoms with van der Waals surface area (Å²) in [6, 6.07) is 0.332. The lowest BCUT2D eigenvalue weighted by molar-refractivity contribution is 0.0946. The summed E-state index contributed by atoms with van der Waals surface area (Å²) in [5.41, 5.74) is 1.46. The molecule has 1 aromatic rings. The average Bonchev–Trinajstić information content (AvgIpc) is 2.34. The van der Waals surface area contributed by atoms with Gasteiger partial charge in [0.05, 0.1) is 18.9 Å². The molecule has 1 aromatic heterocycles. The van der Waals surface area contributed by atoms with Gasteiger partial charge in [0.25, 0.3) is 0 Å². The number of unbranched alkanes of at least 4 members (excludes halogenated alkanes) is 1. The third-order valence-electron chi connectivity index (χ3n) is 2.33. The number of nitrogens with zero attached hydrogens (tertiary/aromatic N) is 2. The minimum absolute atomic E-state index is 0.0494. The second-order valence-electron chi connectivity index (χ2n) is 3.74. The molecule has 0 fully saturated rings. The van der Waals surface area contributed by atoms with Gasteiger partial charge < -0.3 is 14.6 Å². The molecule has 0 aliphatic rings. The fourth-order valence-corrected chi connectivity index (χ4v) is 1.24. The van der Waals surface area contributed by atoms with E-state index in [2.05, 4.69) is 16.9 Å². The van der Waals surface area contributed by atoms with E-state index in [0.717, 1.165) is 30.7 Å². The molecular weight excluding hydrogens is 220 g/mol. The number of ether oxygens (including phenoxy) is 2. The number of hydrogen-bond donors (Lipinski definition) is 1. The van der Waals surface area contributed by atoms with Gasteiger partial charge in [0.15, 0.2) is 0 Å². The molecule has 0 radical (unpaired) electrons. The van der Waals surface area contributed by atoms with Crippen molar-refractivity contribution in [3.63, 3.8) is 0 Å². The van der Waals surface area contributed by atoms with Crippen LogP contribution in [0.5, 0.6) is 6.01 Å². The van der Waals surface area contributed by atoms with Gasteiger partial charge in [-0.3, -0.25) is 0 Å². The lowest BCUT2D eigenvalue weighted by Gasteiger charge is -2.07. The predicted octanol–water partition coefficient (Wildman–Crippen LogP) is 1.47. The molecule has 17 heavy (non-hydrogen) atoms. The summed E-state index contributed by atoms with van der Waals surface area (Å²) in [5, 5.41) is 8.97. The van der Waals surface area contributed by atoms with Gasteiger partial charge in [-0.05, 0) is 13.3 Å². The molecule has 0 saturated carbocycles. The van der Waals surface area contributed by atoms with E-state index in [9.17, 15) is 0 Å². The van der Waals surface area contributed by atoms with E-state index >= 15 is 0 Å². The zero-order valence-corrected chi connectivity index (χ0v) is 10.5. The monoisotopic (exact) mass is 240 g/mol. The van der Waals surface area contributed by atoms with Crippen LogP contribution in [0.25, 0.3) is 0 Å². The van der Waals surface area contributed by atoms with Gasteiger partial charge in [0.2, 0.25) is 0 Å². The summed E-state index contributed by atoms with van der Waals surface area (Å²) < 4.78 is 10.7. The van der Waals surface area contributed by atoms with Gasteiger partial charge in [0.1, 0.15) is 6.61 Å². The van der Waals surface area contributed by atoms with Crippen molar-refractivity contribution in [1.82, 2.24) is 9.97 Å². The van der Waals surface area contributed by atoms with Gasteiger partial charge in [-0.25, -0.2) is 9.97 Å². The molecule has 0 unspecified atom stereocenters. The predicted molar refractivity (Wildman–Crippen MR) is 63.9 cm³/mol. The maximum absolute atomic E-state index is 8.97. The third kappa shape index (κ3) is 5.10. The molecule has 0 amide bonds. The Balaban J connectivity index is 2.25. The molecule has 0 aliphatic heterocycles. The number of aliphatic hydroxyl groups excluding tert-OH is 1. The zero-order chi connectivity index (χ0) is 12.5. The summed E-state index contributed by atoms with van der Waals surface area (Å²) in [4.78, 5) is 8.12. The number of aromatic nitrogens is 2. The Hall–Kier alpha value is -1.20. The van der Waals surface area contributed by atoms with Crippen molar-refractivity contribution in [2.45, 2.75) is 33.3 Å². The summed E-state index contributed by atoms with van der Waals surface area (Å²) >= 11 is 0. The first-order chi connectivity index (χ1) is 8.27. The lowest BCUT2D eigenvalue weighted by Crippen LogP contribution is -2.10. The molecule has 1 heterocycles. The van der Waals surface area contributed by atoms with Crippen LogP contribution in [0.1, 0.15) is 31.0 Å². The Kier molecular flexibility index (Phi) is 6.50. The van der Waals surface area contributed by atoms with Crippen molar-refractivity contribution < 1.29 is 14.6 Å². The van der Waals surface area contributed by atoms with Gasteiger partial charge in [-0.15, -0.1) is 0 Å². The number of aliphatic hydroxyl groups is 1. The molecule has 0 spiro atoms. The smallest absolute Gasteiger partial charge is 0.316 e. The highest BCUT2D eigenvalue weighted by Crippen LogP contribution is 2.08. The first-order valence-corrected chi connectivity index (χ1v) is 5.91. The molecule has 1 N–H and O–H groups in total. The van der Waals surface area contributed by atoms with E-state index in [1.54, 1.807) is 6.20 Å². The van der Waals surface area contributed by atoms with E-state index in [1.807, 2.05) is 6.92 Å². The Bertz CT molecular complexity index is 332. The van der Waals surface area contributed by atoms with Crippen molar-refractivity contribution in [1.29, 1.82) is 0 Å². The van der Waals surface area contributed by atoms with Crippen molar-refractivity contribution >= 4 is 0 Å². The molecule has 0 bridgehead atoms. The molecule has 0 saturated heterocycles. The molecule has 0 aliphatic carbocycles. The van der Waals surface area contributed by atoms with Crippen LogP contribution in [0.2, 0.25) is 0 Å². The fraction of sp³-hybridized carbons (Fsp3) is 0.667. The summed E-state index contributed by atoms with van der Waals surface area (Å²) in [6.07, 6.45) is 3.78. The first kappa shape index (κ1) is 13.9. The summed E-state index contributed by atoms with van der Waals surface area (Å²) in [6.45, 7) is 5.65. The SMILES string of the molecule is CCCCOCCOc1ncc(CO)c(C)n1. The van der Waals surface area contributed by atoms with Crippen LogP contribution in [0.4, 0.5) is 0 Å². The van der Waals surface area contributed by atoms with E-state index in [0.29, 0.717) is 19.2 Å². The van der Waals surface area contributed by atoms with Gasteiger partial charge in [-0.2, -0.15) is 0 Å². The quantitative estimate of drug-likeness (QED) is 0.697. The standard InChI is InChI=1S/C12H20N2O3/c1-3-4-5-16-6-7-17-12-13-8-11(9-15)10(2)14-12/h8,15H,3-7,9H2,1-2H3. The Morgan fingerprint density at radius 1 is 1.29 bits per heavy atom. The Labute approximate surface area is 102 Å². The highest BCUT2D eigenvalue weighted by molar-refractivity contribution is 5.16. The maximum Gasteiger partial charge on any atom is 0.316 e. The average molecular weight is 240 g/mol. The van der Waals surface area contributed by atoms with Crippen molar-refractivity contribution in [3.8, 4) is 6.01 Å². The molecule has 0 atom stereocenters. The maximum atomic E-state index is 8.97. The third-order valence-corrected chi connectivity index (χ3v) is 2.33. The van der Waals surface area contributed by atoms with Crippen LogP contribution in [-0.4, -0.2) is 34.9 Å². The summed E-state index contributed by atoms with van der Waals surface area (Å²) in [5.74, 6) is 0. The van der Waals surface area contributed by atoms with Crippen LogP contribution < -0.4 is 4.74 Å². The molecule has 5 heteroatoms. The normalized spacial score (nSPS) is 10.5. The van der Waals surface area contributed by atoms with Crippen LogP contribution in [0.3, 0.4) is 0 Å². The Morgan fingerprint density at radius 2 is 2.12 bits per heavy atom. The van der Waals surface area contributed by atoms with Gasteiger partial charge in [-0.1, -0.05) is 13.3 Å². The number of hydrogen-bond acceptors (Lipinski definition) is 5. The van der Waals surface area contributed by atoms with Gasteiger partial charge in [0, 0.05) is 18.4 Å². The van der Waals surface area contributed by atoms with Gasteiger partial charge >= 0.3 is 6.01 Å². The topological polar surface area (TPSA) is 64.5 Å². The summed E-state index contributed by atoms with van der Waals surface area (Å²) in [7, 11) is 0. The molecular formula is C12H20N2O3. The largest absolute Gasteiger partial charge is 0.461 e. The molecule has 1 rings (SSSR count). The second kappa shape index (κ2) is 7.97. The number of aryl methyl sites for hydroxylation is 1. The Morgan fingerprint density at radius 3 is 2.76 bits per heavy atom. The van der Waals surface area contributed by atoms with Crippen molar-refractivity contribution in [2.24, 2.45) is 0 Å².